The molecule has 2 atom stereocenters. The first-order valence-corrected chi connectivity index (χ1v) is 6.03. The molecule has 0 amide bonds. The standard InChI is InChI=1S/C12H13N2O9/c13-7(10(15)16)5-22-12(19)23-9(11(17)18)6-3-1-2-4-8(6)14(20)21/h1-4,7,9,20H,5,13H2,(H,15,16)(H,17,18)/q-1/t7-,9?/m1/s1. The Morgan fingerprint density at radius 3 is 2.35 bits per heavy atom. The first-order chi connectivity index (χ1) is 10.7. The number of aliphatic carboxylic acids is 2. The summed E-state index contributed by atoms with van der Waals surface area (Å²) >= 11 is 0. The third-order valence-electron chi connectivity index (χ3n) is 2.56. The second kappa shape index (κ2) is 7.93. The maximum Gasteiger partial charge on any atom is 0.509 e. The lowest BCUT2D eigenvalue weighted by Gasteiger charge is -2.26. The number of nitrogens with zero attached hydrogens (tertiary/aromatic N) is 1. The van der Waals surface area contributed by atoms with Crippen LogP contribution in [0.15, 0.2) is 24.3 Å². The number of carbonyl (C=O) groups is 3. The molecule has 0 fully saturated rings. The molecule has 0 spiro atoms. The average molecular weight is 329 g/mol. The van der Waals surface area contributed by atoms with E-state index in [1.165, 1.54) is 12.1 Å². The van der Waals surface area contributed by atoms with E-state index < -0.39 is 47.8 Å². The van der Waals surface area contributed by atoms with E-state index in [-0.39, 0.29) is 5.56 Å². The number of hydrogen-bond donors (Lipinski definition) is 4. The van der Waals surface area contributed by atoms with Crippen LogP contribution in [0.25, 0.3) is 0 Å². The maximum atomic E-state index is 11.4. The normalized spacial score (nSPS) is 12.8. The molecular formula is C12H13N2O9-. The molecule has 0 saturated carbocycles. The van der Waals surface area contributed by atoms with E-state index in [1.54, 1.807) is 0 Å². The van der Waals surface area contributed by atoms with Gasteiger partial charge in [-0.15, -0.1) is 0 Å². The summed E-state index contributed by atoms with van der Waals surface area (Å²) in [6, 6.07) is 3.45. The molecule has 0 heterocycles. The SMILES string of the molecule is N[C@H](COC(=O)OC(C(=O)O)c1ccccc1N([O-])O)C(=O)O. The van der Waals surface area contributed by atoms with Crippen molar-refractivity contribution in [2.45, 2.75) is 12.1 Å². The highest BCUT2D eigenvalue weighted by molar-refractivity contribution is 5.80. The number of carbonyl (C=O) groups excluding carboxylic acids is 1. The third-order valence-corrected chi connectivity index (χ3v) is 2.56. The smallest absolute Gasteiger partial charge is 0.509 e. The van der Waals surface area contributed by atoms with E-state index in [1.807, 2.05) is 0 Å². The molecule has 11 heteroatoms. The number of hydrogen-bond acceptors (Lipinski definition) is 9. The third kappa shape index (κ3) is 5.10. The Bertz CT molecular complexity index is 590. The van der Waals surface area contributed by atoms with Crippen molar-refractivity contribution in [1.29, 1.82) is 0 Å². The number of nitrogens with two attached hydrogens (primary N) is 1. The van der Waals surface area contributed by atoms with E-state index in [0.29, 0.717) is 0 Å². The molecule has 0 radical (unpaired) electrons. The van der Waals surface area contributed by atoms with E-state index >= 15 is 0 Å². The summed E-state index contributed by atoms with van der Waals surface area (Å²) in [6.07, 6.45) is -3.46. The summed E-state index contributed by atoms with van der Waals surface area (Å²) in [6.45, 7) is -0.740. The maximum absolute atomic E-state index is 11.4. The average Bonchev–Trinajstić information content (AvgIpc) is 2.49. The molecule has 0 saturated heterocycles. The second-order valence-electron chi connectivity index (χ2n) is 4.17. The molecule has 0 aliphatic heterocycles. The van der Waals surface area contributed by atoms with Gasteiger partial charge in [-0.1, -0.05) is 18.2 Å². The van der Waals surface area contributed by atoms with Crippen LogP contribution in [0.5, 0.6) is 0 Å². The van der Waals surface area contributed by atoms with Gasteiger partial charge >= 0.3 is 18.1 Å². The molecule has 1 rings (SSSR count). The van der Waals surface area contributed by atoms with Crippen LogP contribution in [0, 0.1) is 5.21 Å². The number of ether oxygens (including phenoxy) is 2. The van der Waals surface area contributed by atoms with Crippen molar-refractivity contribution in [1.82, 2.24) is 0 Å². The largest absolute Gasteiger partial charge is 0.733 e. The molecule has 0 bridgehead atoms. The van der Waals surface area contributed by atoms with Crippen LogP contribution in [0.3, 0.4) is 0 Å². The molecule has 11 nitrogen and oxygen atoms in total. The van der Waals surface area contributed by atoms with Crippen LogP contribution in [0.1, 0.15) is 11.7 Å². The van der Waals surface area contributed by atoms with Gasteiger partial charge in [-0.3, -0.25) is 10.0 Å². The quantitative estimate of drug-likeness (QED) is 0.392. The molecule has 23 heavy (non-hydrogen) atoms. The lowest BCUT2D eigenvalue weighted by molar-refractivity contribution is -0.149. The first kappa shape index (κ1) is 18.2. The fourth-order valence-corrected chi connectivity index (χ4v) is 1.49. The van der Waals surface area contributed by atoms with Gasteiger partial charge < -0.3 is 35.9 Å². The van der Waals surface area contributed by atoms with Gasteiger partial charge in [0.25, 0.3) is 0 Å². The second-order valence-corrected chi connectivity index (χ2v) is 4.17. The van der Waals surface area contributed by atoms with Crippen molar-refractivity contribution in [3.8, 4) is 0 Å². The molecule has 1 unspecified atom stereocenters. The lowest BCUT2D eigenvalue weighted by atomic mass is 10.1. The molecule has 1 aromatic carbocycles. The molecule has 126 valence electrons. The Balaban J connectivity index is 2.87. The minimum absolute atomic E-state index is 0.308. The Labute approximate surface area is 129 Å². The zero-order chi connectivity index (χ0) is 17.6. The van der Waals surface area contributed by atoms with Gasteiger partial charge in [-0.25, -0.2) is 9.59 Å². The lowest BCUT2D eigenvalue weighted by Crippen LogP contribution is -2.36. The number of anilines is 1. The van der Waals surface area contributed by atoms with E-state index in [0.717, 1.165) is 12.1 Å². The predicted octanol–water partition coefficient (Wildman–Crippen LogP) is 0.0708. The van der Waals surface area contributed by atoms with Gasteiger partial charge in [-0.2, -0.15) is 0 Å². The molecule has 1 aromatic rings. The summed E-state index contributed by atoms with van der Waals surface area (Å²) in [5.41, 5.74) is 4.34. The number of rotatable bonds is 7. The topological polar surface area (TPSA) is 183 Å². The van der Waals surface area contributed by atoms with Crippen LogP contribution >= 0.6 is 0 Å². The number of carboxylic acid groups (broad SMARTS) is 2. The zero-order valence-corrected chi connectivity index (χ0v) is 11.5. The van der Waals surface area contributed by atoms with Crippen LogP contribution < -0.4 is 11.0 Å². The van der Waals surface area contributed by atoms with Gasteiger partial charge in [-0.05, 0) is 6.07 Å². The van der Waals surface area contributed by atoms with Gasteiger partial charge in [0, 0.05) is 5.56 Å². The van der Waals surface area contributed by atoms with Crippen LogP contribution in [0.4, 0.5) is 10.5 Å². The van der Waals surface area contributed by atoms with E-state index in [4.69, 9.17) is 21.2 Å². The number of benzene rings is 1. The zero-order valence-electron chi connectivity index (χ0n) is 11.5. The van der Waals surface area contributed by atoms with Crippen molar-refractivity contribution in [2.24, 2.45) is 5.73 Å². The summed E-state index contributed by atoms with van der Waals surface area (Å²) in [4.78, 5) is 33.1. The van der Waals surface area contributed by atoms with E-state index in [9.17, 15) is 19.6 Å². The molecule has 0 aliphatic rings. The fourth-order valence-electron chi connectivity index (χ4n) is 1.49. The van der Waals surface area contributed by atoms with Gasteiger partial charge in [0.2, 0.25) is 6.10 Å². The Morgan fingerprint density at radius 1 is 1.22 bits per heavy atom. The summed E-state index contributed by atoms with van der Waals surface area (Å²) in [5, 5.41) is 37.0. The van der Waals surface area contributed by atoms with E-state index in [2.05, 4.69) is 9.47 Å². The van der Waals surface area contributed by atoms with Crippen molar-refractivity contribution in [2.75, 3.05) is 11.8 Å². The Kier molecular flexibility index (Phi) is 6.26. The van der Waals surface area contributed by atoms with Crippen molar-refractivity contribution in [3.05, 3.63) is 35.0 Å². The predicted molar refractivity (Wildman–Crippen MR) is 72.5 cm³/mol. The number of carboxylic acids is 2. The van der Waals surface area contributed by atoms with Gasteiger partial charge in [0.1, 0.15) is 12.6 Å². The number of para-hydroxylation sites is 1. The highest BCUT2D eigenvalue weighted by Crippen LogP contribution is 2.28. The fraction of sp³-hybridized carbons (Fsp3) is 0.250. The summed E-state index contributed by atoms with van der Waals surface area (Å²) in [5.74, 6) is -3.07. The van der Waals surface area contributed by atoms with Crippen molar-refractivity contribution >= 4 is 23.8 Å². The molecule has 5 N–H and O–H groups in total. The summed E-state index contributed by atoms with van der Waals surface area (Å²) < 4.78 is 8.92. The summed E-state index contributed by atoms with van der Waals surface area (Å²) in [7, 11) is 0. The van der Waals surface area contributed by atoms with Crippen LogP contribution in [-0.4, -0.2) is 46.2 Å². The monoisotopic (exact) mass is 329 g/mol. The minimum Gasteiger partial charge on any atom is -0.733 e. The highest BCUT2D eigenvalue weighted by atomic mass is 16.8. The van der Waals surface area contributed by atoms with Crippen molar-refractivity contribution in [3.63, 3.8) is 0 Å². The minimum atomic E-state index is -1.96. The van der Waals surface area contributed by atoms with Crippen LogP contribution in [-0.2, 0) is 19.1 Å². The van der Waals surface area contributed by atoms with Crippen LogP contribution in [0.2, 0.25) is 0 Å². The Hall–Kier alpha value is -2.89. The van der Waals surface area contributed by atoms with Gasteiger partial charge in [0.15, 0.2) is 0 Å². The first-order valence-electron chi connectivity index (χ1n) is 6.03. The molecule has 0 aromatic heterocycles. The highest BCUT2D eigenvalue weighted by Gasteiger charge is 2.28. The molecule has 0 aliphatic carbocycles. The van der Waals surface area contributed by atoms with Crippen molar-refractivity contribution < 1.29 is 39.3 Å². The Morgan fingerprint density at radius 2 is 1.83 bits per heavy atom. The molecular weight excluding hydrogens is 316 g/mol. The van der Waals surface area contributed by atoms with Gasteiger partial charge in [0.05, 0.1) is 5.69 Å².